The van der Waals surface area contributed by atoms with Crippen LogP contribution in [0.2, 0.25) is 0 Å². The van der Waals surface area contributed by atoms with Gasteiger partial charge in [-0.25, -0.2) is 0 Å². The molecule has 3 nitrogen and oxygen atoms in total. The Kier molecular flexibility index (Phi) is 3.36. The van der Waals surface area contributed by atoms with Crippen LogP contribution in [0.25, 0.3) is 0 Å². The van der Waals surface area contributed by atoms with Crippen molar-refractivity contribution in [2.45, 2.75) is 13.8 Å². The SMILES string of the molecule is COc1cc(C)cc(C)c1N(C)CN. The summed E-state index contributed by atoms with van der Waals surface area (Å²) in [5.74, 6) is 0.885. The van der Waals surface area contributed by atoms with Gasteiger partial charge in [0.15, 0.2) is 0 Å². The molecule has 0 bridgehead atoms. The number of nitrogens with two attached hydrogens (primary N) is 1. The predicted molar refractivity (Wildman–Crippen MR) is 59.9 cm³/mol. The van der Waals surface area contributed by atoms with Crippen LogP contribution in [0.1, 0.15) is 11.1 Å². The molecule has 1 aromatic rings. The van der Waals surface area contributed by atoms with Gasteiger partial charge in [-0.1, -0.05) is 6.07 Å². The first kappa shape index (κ1) is 10.9. The molecule has 0 spiro atoms. The summed E-state index contributed by atoms with van der Waals surface area (Å²) < 4.78 is 5.33. The van der Waals surface area contributed by atoms with Crippen molar-refractivity contribution in [1.82, 2.24) is 0 Å². The van der Waals surface area contributed by atoms with E-state index < -0.39 is 0 Å². The third-order valence-corrected chi connectivity index (χ3v) is 2.29. The van der Waals surface area contributed by atoms with Crippen LogP contribution in [0.3, 0.4) is 0 Å². The number of rotatable bonds is 3. The van der Waals surface area contributed by atoms with Gasteiger partial charge in [-0.05, 0) is 31.0 Å². The first-order valence-electron chi connectivity index (χ1n) is 4.66. The molecule has 1 rings (SSSR count). The number of benzene rings is 1. The second kappa shape index (κ2) is 4.33. The van der Waals surface area contributed by atoms with E-state index in [0.717, 1.165) is 11.4 Å². The summed E-state index contributed by atoms with van der Waals surface area (Å²) in [5, 5.41) is 0. The molecule has 3 heteroatoms. The lowest BCUT2D eigenvalue weighted by Crippen LogP contribution is -2.26. The molecule has 0 amide bonds. The second-order valence-corrected chi connectivity index (χ2v) is 3.51. The Morgan fingerprint density at radius 1 is 1.36 bits per heavy atom. The lowest BCUT2D eigenvalue weighted by Gasteiger charge is -2.22. The van der Waals surface area contributed by atoms with Gasteiger partial charge < -0.3 is 15.4 Å². The summed E-state index contributed by atoms with van der Waals surface area (Å²) >= 11 is 0. The molecule has 14 heavy (non-hydrogen) atoms. The zero-order chi connectivity index (χ0) is 10.7. The van der Waals surface area contributed by atoms with E-state index in [2.05, 4.69) is 19.9 Å². The number of hydrogen-bond donors (Lipinski definition) is 1. The lowest BCUT2D eigenvalue weighted by atomic mass is 10.1. The van der Waals surface area contributed by atoms with Crippen LogP contribution < -0.4 is 15.4 Å². The van der Waals surface area contributed by atoms with Crippen LogP contribution in [-0.2, 0) is 0 Å². The second-order valence-electron chi connectivity index (χ2n) is 3.51. The van der Waals surface area contributed by atoms with Gasteiger partial charge in [-0.2, -0.15) is 0 Å². The van der Waals surface area contributed by atoms with Gasteiger partial charge in [0.1, 0.15) is 5.75 Å². The molecule has 0 heterocycles. The van der Waals surface area contributed by atoms with E-state index in [1.54, 1.807) is 7.11 Å². The van der Waals surface area contributed by atoms with Crippen LogP contribution in [0.5, 0.6) is 5.75 Å². The zero-order valence-electron chi connectivity index (χ0n) is 9.29. The van der Waals surface area contributed by atoms with E-state index in [1.807, 2.05) is 18.0 Å². The van der Waals surface area contributed by atoms with Crippen LogP contribution in [0.15, 0.2) is 12.1 Å². The molecule has 0 aromatic heterocycles. The van der Waals surface area contributed by atoms with Crippen LogP contribution >= 0.6 is 0 Å². The first-order chi connectivity index (χ1) is 6.60. The number of aryl methyl sites for hydroxylation is 2. The summed E-state index contributed by atoms with van der Waals surface area (Å²) in [6.45, 7) is 4.61. The lowest BCUT2D eigenvalue weighted by molar-refractivity contribution is 0.414. The van der Waals surface area contributed by atoms with E-state index in [-0.39, 0.29) is 0 Å². The summed E-state index contributed by atoms with van der Waals surface area (Å²) in [7, 11) is 3.64. The molecule has 0 saturated carbocycles. The van der Waals surface area contributed by atoms with Gasteiger partial charge in [-0.3, -0.25) is 0 Å². The maximum Gasteiger partial charge on any atom is 0.142 e. The smallest absolute Gasteiger partial charge is 0.142 e. The highest BCUT2D eigenvalue weighted by Gasteiger charge is 2.10. The van der Waals surface area contributed by atoms with E-state index in [1.165, 1.54) is 11.1 Å². The van der Waals surface area contributed by atoms with Crippen molar-refractivity contribution in [3.63, 3.8) is 0 Å². The Labute approximate surface area is 85.5 Å². The molecular formula is C11H18N2O. The molecule has 0 unspecified atom stereocenters. The Morgan fingerprint density at radius 2 is 2.00 bits per heavy atom. The van der Waals surface area contributed by atoms with E-state index in [0.29, 0.717) is 6.67 Å². The first-order valence-corrected chi connectivity index (χ1v) is 4.66. The molecule has 0 atom stereocenters. The Hall–Kier alpha value is -1.22. The molecule has 0 aliphatic carbocycles. The van der Waals surface area contributed by atoms with Crippen molar-refractivity contribution in [3.05, 3.63) is 23.3 Å². The van der Waals surface area contributed by atoms with Crippen LogP contribution in [0, 0.1) is 13.8 Å². The van der Waals surface area contributed by atoms with Crippen molar-refractivity contribution in [3.8, 4) is 5.75 Å². The van der Waals surface area contributed by atoms with Crippen molar-refractivity contribution < 1.29 is 4.74 Å². The number of anilines is 1. The highest BCUT2D eigenvalue weighted by atomic mass is 16.5. The number of methoxy groups -OCH3 is 1. The van der Waals surface area contributed by atoms with Gasteiger partial charge in [0, 0.05) is 7.05 Å². The fraction of sp³-hybridized carbons (Fsp3) is 0.455. The molecule has 0 aliphatic rings. The predicted octanol–water partition coefficient (Wildman–Crippen LogP) is 1.66. The molecular weight excluding hydrogens is 176 g/mol. The van der Waals surface area contributed by atoms with Gasteiger partial charge in [0.2, 0.25) is 0 Å². The van der Waals surface area contributed by atoms with Crippen molar-refractivity contribution in [2.24, 2.45) is 5.73 Å². The molecule has 0 fully saturated rings. The quantitative estimate of drug-likeness (QED) is 0.744. The van der Waals surface area contributed by atoms with Crippen molar-refractivity contribution >= 4 is 5.69 Å². The summed E-state index contributed by atoms with van der Waals surface area (Å²) in [5.41, 5.74) is 9.07. The molecule has 2 N–H and O–H groups in total. The average molecular weight is 194 g/mol. The number of nitrogens with zero attached hydrogens (tertiary/aromatic N) is 1. The summed E-state index contributed by atoms with van der Waals surface area (Å²) in [4.78, 5) is 1.98. The standard InChI is InChI=1S/C11H18N2O/c1-8-5-9(2)11(13(3)7-12)10(6-8)14-4/h5-6H,7,12H2,1-4H3. The number of ether oxygens (including phenoxy) is 1. The Balaban J connectivity index is 3.24. The number of hydrogen-bond acceptors (Lipinski definition) is 3. The van der Waals surface area contributed by atoms with Gasteiger partial charge in [-0.15, -0.1) is 0 Å². The Bertz CT molecular complexity index is 323. The topological polar surface area (TPSA) is 38.5 Å². The largest absolute Gasteiger partial charge is 0.495 e. The third kappa shape index (κ3) is 1.99. The normalized spacial score (nSPS) is 10.1. The highest BCUT2D eigenvalue weighted by molar-refractivity contribution is 5.64. The monoisotopic (exact) mass is 194 g/mol. The maximum absolute atomic E-state index is 5.60. The molecule has 1 aromatic carbocycles. The average Bonchev–Trinajstić information content (AvgIpc) is 2.15. The van der Waals surface area contributed by atoms with Gasteiger partial charge >= 0.3 is 0 Å². The molecule has 0 aliphatic heterocycles. The maximum atomic E-state index is 5.60. The minimum absolute atomic E-state index is 0.486. The van der Waals surface area contributed by atoms with Crippen LogP contribution in [0.4, 0.5) is 5.69 Å². The van der Waals surface area contributed by atoms with Gasteiger partial charge in [0.05, 0.1) is 19.5 Å². The van der Waals surface area contributed by atoms with Crippen LogP contribution in [-0.4, -0.2) is 20.8 Å². The highest BCUT2D eigenvalue weighted by Crippen LogP contribution is 2.31. The zero-order valence-corrected chi connectivity index (χ0v) is 9.29. The molecule has 78 valence electrons. The van der Waals surface area contributed by atoms with Crippen molar-refractivity contribution in [1.29, 1.82) is 0 Å². The van der Waals surface area contributed by atoms with Crippen molar-refractivity contribution in [2.75, 3.05) is 25.7 Å². The fourth-order valence-electron chi connectivity index (χ4n) is 1.66. The van der Waals surface area contributed by atoms with E-state index >= 15 is 0 Å². The summed E-state index contributed by atoms with van der Waals surface area (Å²) in [6.07, 6.45) is 0. The molecule has 0 saturated heterocycles. The minimum Gasteiger partial charge on any atom is -0.495 e. The minimum atomic E-state index is 0.486. The Morgan fingerprint density at radius 3 is 2.50 bits per heavy atom. The third-order valence-electron chi connectivity index (χ3n) is 2.29. The molecule has 0 radical (unpaired) electrons. The van der Waals surface area contributed by atoms with E-state index in [4.69, 9.17) is 10.5 Å². The fourth-order valence-corrected chi connectivity index (χ4v) is 1.66. The van der Waals surface area contributed by atoms with E-state index in [9.17, 15) is 0 Å². The van der Waals surface area contributed by atoms with Gasteiger partial charge in [0.25, 0.3) is 0 Å². The summed E-state index contributed by atoms with van der Waals surface area (Å²) in [6, 6.07) is 4.15.